The van der Waals surface area contributed by atoms with Gasteiger partial charge in [-0.2, -0.15) is 13.2 Å². The number of carbonyl (C=O) groups excluding carboxylic acids is 2. The van der Waals surface area contributed by atoms with Crippen LogP contribution in [-0.2, 0) is 22.1 Å². The number of ether oxygens (including phenoxy) is 2. The molecular formula is C23H26F3NO5. The van der Waals surface area contributed by atoms with Gasteiger partial charge in [0.25, 0.3) is 0 Å². The monoisotopic (exact) mass is 453 g/mol. The summed E-state index contributed by atoms with van der Waals surface area (Å²) in [6.45, 7) is 5.23. The Morgan fingerprint density at radius 2 is 1.56 bits per heavy atom. The zero-order valence-corrected chi connectivity index (χ0v) is 18.3. The molecule has 0 saturated heterocycles. The molecule has 2 aromatic rings. The summed E-state index contributed by atoms with van der Waals surface area (Å²) in [5.74, 6) is -0.416. The fourth-order valence-corrected chi connectivity index (χ4v) is 2.68. The molecule has 1 amide bonds. The summed E-state index contributed by atoms with van der Waals surface area (Å²) in [4.78, 5) is 25.3. The normalized spacial score (nSPS) is 12.8. The maximum absolute atomic E-state index is 12.6. The van der Waals surface area contributed by atoms with Gasteiger partial charge in [0.05, 0.1) is 24.6 Å². The molecule has 2 aromatic carbocycles. The highest BCUT2D eigenvalue weighted by atomic mass is 19.4. The smallest absolute Gasteiger partial charge is 0.416 e. The number of benzene rings is 2. The van der Waals surface area contributed by atoms with Gasteiger partial charge in [0.1, 0.15) is 11.4 Å². The van der Waals surface area contributed by atoms with Gasteiger partial charge >= 0.3 is 18.2 Å². The Hall–Kier alpha value is -3.07. The second kappa shape index (κ2) is 10.0. The van der Waals surface area contributed by atoms with Crippen molar-refractivity contribution in [2.75, 3.05) is 13.6 Å². The average molecular weight is 453 g/mol. The number of hydrogen-bond acceptors (Lipinski definition) is 5. The molecular weight excluding hydrogens is 427 g/mol. The molecule has 0 saturated carbocycles. The van der Waals surface area contributed by atoms with Crippen molar-refractivity contribution in [1.29, 1.82) is 0 Å². The van der Waals surface area contributed by atoms with Crippen LogP contribution in [0.25, 0.3) is 0 Å². The number of carbonyl (C=O) groups is 2. The Morgan fingerprint density at radius 1 is 1.00 bits per heavy atom. The van der Waals surface area contributed by atoms with Crippen LogP contribution in [0.3, 0.4) is 0 Å². The molecule has 174 valence electrons. The van der Waals surface area contributed by atoms with Crippen molar-refractivity contribution in [3.63, 3.8) is 0 Å². The van der Waals surface area contributed by atoms with Gasteiger partial charge in [0.15, 0.2) is 0 Å². The van der Waals surface area contributed by atoms with E-state index in [1.165, 1.54) is 36.2 Å². The Bertz CT molecular complexity index is 919. The van der Waals surface area contributed by atoms with Crippen LogP contribution in [0, 0.1) is 0 Å². The van der Waals surface area contributed by atoms with Crippen molar-refractivity contribution in [2.45, 2.75) is 45.1 Å². The van der Waals surface area contributed by atoms with Gasteiger partial charge in [-0.05, 0) is 56.2 Å². The summed E-state index contributed by atoms with van der Waals surface area (Å²) in [6.07, 6.45) is -6.18. The maximum Gasteiger partial charge on any atom is 0.416 e. The number of aliphatic hydroxyl groups excluding tert-OH is 1. The summed E-state index contributed by atoms with van der Waals surface area (Å²) >= 11 is 0. The molecule has 0 aliphatic carbocycles. The van der Waals surface area contributed by atoms with Gasteiger partial charge in [-0.15, -0.1) is 0 Å². The average Bonchev–Trinajstić information content (AvgIpc) is 2.66. The van der Waals surface area contributed by atoms with Crippen LogP contribution in [0.5, 0.6) is 5.75 Å². The summed E-state index contributed by atoms with van der Waals surface area (Å²) in [5.41, 5.74) is -0.549. The number of halogens is 3. The molecule has 1 unspecified atom stereocenters. The molecule has 0 aromatic heterocycles. The molecule has 1 N–H and O–H groups in total. The lowest BCUT2D eigenvalue weighted by Crippen LogP contribution is -2.36. The molecule has 9 heteroatoms. The quantitative estimate of drug-likeness (QED) is 0.505. The first-order valence-electron chi connectivity index (χ1n) is 9.83. The van der Waals surface area contributed by atoms with Crippen LogP contribution in [0.4, 0.5) is 18.0 Å². The van der Waals surface area contributed by atoms with E-state index in [2.05, 4.69) is 0 Å². The minimum absolute atomic E-state index is 0.00195. The van der Waals surface area contributed by atoms with Gasteiger partial charge in [0, 0.05) is 7.05 Å². The van der Waals surface area contributed by atoms with E-state index in [-0.39, 0.29) is 18.7 Å². The molecule has 0 radical (unpaired) electrons. The lowest BCUT2D eigenvalue weighted by Gasteiger charge is -2.26. The number of nitrogens with zero attached hydrogens (tertiary/aromatic N) is 1. The molecule has 0 spiro atoms. The second-order valence-corrected chi connectivity index (χ2v) is 8.29. The van der Waals surface area contributed by atoms with E-state index in [1.54, 1.807) is 32.9 Å². The molecule has 32 heavy (non-hydrogen) atoms. The topological polar surface area (TPSA) is 76.1 Å². The number of alkyl halides is 3. The Morgan fingerprint density at radius 3 is 2.06 bits per heavy atom. The summed E-state index contributed by atoms with van der Waals surface area (Å²) in [7, 11) is 1.51. The number of amides is 1. The molecule has 0 fully saturated rings. The highest BCUT2D eigenvalue weighted by molar-refractivity contribution is 5.75. The molecule has 1 atom stereocenters. The van der Waals surface area contributed by atoms with Crippen LogP contribution in [-0.4, -0.2) is 41.3 Å². The first-order chi connectivity index (χ1) is 14.7. The predicted molar refractivity (Wildman–Crippen MR) is 111 cm³/mol. The van der Waals surface area contributed by atoms with Crippen LogP contribution >= 0.6 is 0 Å². The highest BCUT2D eigenvalue weighted by Gasteiger charge is 2.30. The van der Waals surface area contributed by atoms with Crippen molar-refractivity contribution in [1.82, 2.24) is 4.90 Å². The number of esters is 1. The lowest BCUT2D eigenvalue weighted by molar-refractivity contribution is -0.137. The molecule has 2 rings (SSSR count). The Kier molecular flexibility index (Phi) is 7.90. The van der Waals surface area contributed by atoms with E-state index >= 15 is 0 Å². The minimum Gasteiger partial charge on any atom is -0.444 e. The zero-order chi connectivity index (χ0) is 24.1. The van der Waals surface area contributed by atoms with E-state index in [1.807, 2.05) is 0 Å². The predicted octanol–water partition coefficient (Wildman–Crippen LogP) is 4.75. The van der Waals surface area contributed by atoms with E-state index < -0.39 is 35.5 Å². The Balaban J connectivity index is 1.90. The number of aliphatic hydroxyl groups is 1. The van der Waals surface area contributed by atoms with Crippen molar-refractivity contribution in [2.24, 2.45) is 0 Å². The van der Waals surface area contributed by atoms with Gasteiger partial charge in [-0.25, -0.2) is 4.79 Å². The molecule has 6 nitrogen and oxygen atoms in total. The molecule has 0 heterocycles. The van der Waals surface area contributed by atoms with Gasteiger partial charge < -0.3 is 19.5 Å². The summed E-state index contributed by atoms with van der Waals surface area (Å²) in [6, 6.07) is 10.3. The maximum atomic E-state index is 12.6. The fraction of sp³-hybridized carbons (Fsp3) is 0.391. The fourth-order valence-electron chi connectivity index (χ4n) is 2.68. The Labute approximate surface area is 184 Å². The van der Waals surface area contributed by atoms with Crippen LogP contribution in [0.15, 0.2) is 48.5 Å². The third kappa shape index (κ3) is 7.88. The summed E-state index contributed by atoms with van der Waals surface area (Å²) < 4.78 is 48.2. The number of likely N-dealkylation sites (N-methyl/N-ethyl adjacent to an activating group) is 1. The first-order valence-corrected chi connectivity index (χ1v) is 9.83. The van der Waals surface area contributed by atoms with Crippen molar-refractivity contribution >= 4 is 12.1 Å². The third-order valence-corrected chi connectivity index (χ3v) is 4.28. The molecule has 0 aliphatic heterocycles. The number of hydrogen-bond donors (Lipinski definition) is 1. The first kappa shape index (κ1) is 25.2. The van der Waals surface area contributed by atoms with Crippen molar-refractivity contribution < 1.29 is 37.3 Å². The van der Waals surface area contributed by atoms with Gasteiger partial charge in [-0.3, -0.25) is 4.79 Å². The zero-order valence-electron chi connectivity index (χ0n) is 18.3. The lowest BCUT2D eigenvalue weighted by atomic mass is 10.1. The van der Waals surface area contributed by atoms with E-state index in [4.69, 9.17) is 9.47 Å². The van der Waals surface area contributed by atoms with Crippen LogP contribution in [0.2, 0.25) is 0 Å². The van der Waals surface area contributed by atoms with Crippen molar-refractivity contribution in [3.05, 3.63) is 65.2 Å². The largest absolute Gasteiger partial charge is 0.444 e. The number of rotatable bonds is 6. The highest BCUT2D eigenvalue weighted by Crippen LogP contribution is 2.29. The second-order valence-electron chi connectivity index (χ2n) is 8.29. The van der Waals surface area contributed by atoms with Crippen LogP contribution in [0.1, 0.15) is 43.6 Å². The van der Waals surface area contributed by atoms with E-state index in [0.717, 1.165) is 12.1 Å². The van der Waals surface area contributed by atoms with E-state index in [9.17, 15) is 27.9 Å². The van der Waals surface area contributed by atoms with Gasteiger partial charge in [-0.1, -0.05) is 24.3 Å². The summed E-state index contributed by atoms with van der Waals surface area (Å²) in [5, 5.41) is 10.3. The van der Waals surface area contributed by atoms with Crippen LogP contribution < -0.4 is 4.74 Å². The van der Waals surface area contributed by atoms with E-state index in [0.29, 0.717) is 11.1 Å². The third-order valence-electron chi connectivity index (χ3n) is 4.28. The minimum atomic E-state index is -4.44. The van der Waals surface area contributed by atoms with Crippen molar-refractivity contribution in [3.8, 4) is 5.75 Å². The molecule has 0 aliphatic rings. The van der Waals surface area contributed by atoms with Gasteiger partial charge in [0.2, 0.25) is 0 Å². The SMILES string of the molecule is CN(CC(O)c1ccc(OC(=O)Cc2ccc(C(F)(F)F)cc2)cc1)C(=O)OC(C)(C)C. The standard InChI is InChI=1S/C23H26F3NO5/c1-22(2,3)32-21(30)27(4)14-19(28)16-7-11-18(12-8-16)31-20(29)13-15-5-9-17(10-6-15)23(24,25)26/h5-12,19,28H,13-14H2,1-4H3. The molecule has 0 bridgehead atoms.